The molecule has 0 spiro atoms. The smallest absolute Gasteiger partial charge is 0.126 e. The number of anilines is 2. The third-order valence-corrected chi connectivity index (χ3v) is 5.89. The van der Waals surface area contributed by atoms with Crippen molar-refractivity contribution in [3.05, 3.63) is 95.9 Å². The van der Waals surface area contributed by atoms with Gasteiger partial charge in [0.15, 0.2) is 0 Å². The standard InChI is InChI=1S/C27H19ClN4O/c1-33-26-9-6-17(13-22(26)21-4-2-3-5-24(21)28)23-16-30-15-19(14-29)27(23)32-20-7-8-25-18(12-20)10-11-31-25/h2-13,15-16,31H,1H3,(H,30,32). The molecule has 5 rings (SSSR count). The maximum Gasteiger partial charge on any atom is 0.126 e. The molecule has 0 fully saturated rings. The van der Waals surface area contributed by atoms with Crippen molar-refractivity contribution in [3.63, 3.8) is 0 Å². The molecular formula is C27H19ClN4O. The van der Waals surface area contributed by atoms with Crippen molar-refractivity contribution in [2.24, 2.45) is 0 Å². The zero-order valence-corrected chi connectivity index (χ0v) is 18.5. The fraction of sp³-hybridized carbons (Fsp3) is 0.0370. The Hall–Kier alpha value is -4.27. The van der Waals surface area contributed by atoms with Crippen molar-refractivity contribution >= 4 is 33.9 Å². The maximum atomic E-state index is 9.79. The summed E-state index contributed by atoms with van der Waals surface area (Å²) in [5.74, 6) is 0.712. The predicted octanol–water partition coefficient (Wildman–Crippen LogP) is 7.17. The lowest BCUT2D eigenvalue weighted by Crippen LogP contribution is -1.99. The molecule has 6 heteroatoms. The minimum Gasteiger partial charge on any atom is -0.496 e. The molecule has 2 heterocycles. The van der Waals surface area contributed by atoms with Gasteiger partial charge in [0, 0.05) is 56.9 Å². The molecule has 0 bridgehead atoms. The summed E-state index contributed by atoms with van der Waals surface area (Å²) in [6, 6.07) is 23.8. The average Bonchev–Trinajstić information content (AvgIpc) is 3.32. The van der Waals surface area contributed by atoms with Gasteiger partial charge in [0.2, 0.25) is 0 Å². The van der Waals surface area contributed by atoms with Crippen LogP contribution in [-0.4, -0.2) is 17.1 Å². The highest BCUT2D eigenvalue weighted by molar-refractivity contribution is 6.33. The topological polar surface area (TPSA) is 73.7 Å². The van der Waals surface area contributed by atoms with Crippen LogP contribution in [0.5, 0.6) is 5.75 Å². The van der Waals surface area contributed by atoms with Crippen LogP contribution in [0.1, 0.15) is 5.56 Å². The maximum absolute atomic E-state index is 9.79. The zero-order valence-electron chi connectivity index (χ0n) is 17.8. The predicted molar refractivity (Wildman–Crippen MR) is 133 cm³/mol. The normalized spacial score (nSPS) is 10.7. The number of nitrogens with zero attached hydrogens (tertiary/aromatic N) is 2. The van der Waals surface area contributed by atoms with Crippen LogP contribution in [0, 0.1) is 11.3 Å². The van der Waals surface area contributed by atoms with Crippen molar-refractivity contribution < 1.29 is 4.74 Å². The fourth-order valence-electron chi connectivity index (χ4n) is 3.94. The van der Waals surface area contributed by atoms with E-state index in [1.165, 1.54) is 0 Å². The van der Waals surface area contributed by atoms with E-state index in [2.05, 4.69) is 21.4 Å². The Bertz CT molecular complexity index is 1520. The third kappa shape index (κ3) is 3.89. The lowest BCUT2D eigenvalue weighted by Gasteiger charge is -2.16. The largest absolute Gasteiger partial charge is 0.496 e. The zero-order chi connectivity index (χ0) is 22.8. The van der Waals surface area contributed by atoms with Gasteiger partial charge in [-0.25, -0.2) is 0 Å². The number of methoxy groups -OCH3 is 1. The molecule has 0 saturated heterocycles. The number of hydrogen-bond acceptors (Lipinski definition) is 4. The second kappa shape index (κ2) is 8.70. The van der Waals surface area contributed by atoms with Crippen molar-refractivity contribution in [1.82, 2.24) is 9.97 Å². The highest BCUT2D eigenvalue weighted by atomic mass is 35.5. The van der Waals surface area contributed by atoms with Gasteiger partial charge >= 0.3 is 0 Å². The van der Waals surface area contributed by atoms with Crippen LogP contribution in [0.2, 0.25) is 5.02 Å². The second-order valence-corrected chi connectivity index (χ2v) is 7.93. The number of benzene rings is 3. The summed E-state index contributed by atoms with van der Waals surface area (Å²) in [7, 11) is 1.64. The highest BCUT2D eigenvalue weighted by Gasteiger charge is 2.16. The van der Waals surface area contributed by atoms with Crippen molar-refractivity contribution in [3.8, 4) is 34.1 Å². The monoisotopic (exact) mass is 450 g/mol. The van der Waals surface area contributed by atoms with E-state index >= 15 is 0 Å². The van der Waals surface area contributed by atoms with Crippen LogP contribution in [0.3, 0.4) is 0 Å². The van der Waals surface area contributed by atoms with E-state index in [4.69, 9.17) is 16.3 Å². The van der Waals surface area contributed by atoms with Gasteiger partial charge in [-0.3, -0.25) is 4.98 Å². The van der Waals surface area contributed by atoms with Crippen LogP contribution in [0.4, 0.5) is 11.4 Å². The first-order valence-electron chi connectivity index (χ1n) is 10.3. The Labute approximate surface area is 196 Å². The molecule has 0 amide bonds. The molecule has 0 saturated carbocycles. The van der Waals surface area contributed by atoms with Gasteiger partial charge in [-0.2, -0.15) is 5.26 Å². The Morgan fingerprint density at radius 2 is 1.85 bits per heavy atom. The summed E-state index contributed by atoms with van der Waals surface area (Å²) in [5.41, 5.74) is 6.51. The minimum atomic E-state index is 0.455. The van der Waals surface area contributed by atoms with Gasteiger partial charge in [0.25, 0.3) is 0 Å². The summed E-state index contributed by atoms with van der Waals surface area (Å²) in [6.45, 7) is 0. The second-order valence-electron chi connectivity index (χ2n) is 7.52. The first kappa shape index (κ1) is 20.6. The number of H-pyrrole nitrogens is 1. The van der Waals surface area contributed by atoms with E-state index < -0.39 is 0 Å². The molecule has 0 atom stereocenters. The van der Waals surface area contributed by atoms with E-state index in [1.54, 1.807) is 19.5 Å². The number of pyridine rings is 1. The molecular weight excluding hydrogens is 432 g/mol. The van der Waals surface area contributed by atoms with E-state index in [-0.39, 0.29) is 0 Å². The molecule has 2 N–H and O–H groups in total. The number of halogens is 1. The first-order valence-corrected chi connectivity index (χ1v) is 10.7. The highest BCUT2D eigenvalue weighted by Crippen LogP contribution is 2.40. The number of ether oxygens (including phenoxy) is 1. The molecule has 0 aliphatic carbocycles. The quantitative estimate of drug-likeness (QED) is 0.297. The lowest BCUT2D eigenvalue weighted by molar-refractivity contribution is 0.416. The Kier molecular flexibility index (Phi) is 5.43. The number of fused-ring (bicyclic) bond motifs is 1. The number of aromatic amines is 1. The molecule has 2 aromatic heterocycles. The molecule has 33 heavy (non-hydrogen) atoms. The summed E-state index contributed by atoms with van der Waals surface area (Å²) < 4.78 is 5.60. The van der Waals surface area contributed by atoms with Gasteiger partial charge in [-0.15, -0.1) is 0 Å². The van der Waals surface area contributed by atoms with E-state index in [1.807, 2.05) is 72.9 Å². The molecule has 0 aliphatic heterocycles. The van der Waals surface area contributed by atoms with Crippen LogP contribution >= 0.6 is 11.6 Å². The summed E-state index contributed by atoms with van der Waals surface area (Å²) >= 11 is 6.48. The molecule has 5 aromatic rings. The Balaban J connectivity index is 1.65. The SMILES string of the molecule is COc1ccc(-c2cncc(C#N)c2Nc2ccc3[nH]ccc3c2)cc1-c1ccccc1Cl. The Morgan fingerprint density at radius 3 is 2.67 bits per heavy atom. The van der Waals surface area contributed by atoms with Crippen LogP contribution in [0.25, 0.3) is 33.2 Å². The number of nitrogens with one attached hydrogen (secondary N) is 2. The Morgan fingerprint density at radius 1 is 0.970 bits per heavy atom. The molecule has 0 aliphatic rings. The number of nitriles is 1. The van der Waals surface area contributed by atoms with Crippen LogP contribution in [-0.2, 0) is 0 Å². The lowest BCUT2D eigenvalue weighted by atomic mass is 9.97. The average molecular weight is 451 g/mol. The fourth-order valence-corrected chi connectivity index (χ4v) is 4.18. The summed E-state index contributed by atoms with van der Waals surface area (Å²) in [5, 5.41) is 14.9. The molecule has 160 valence electrons. The number of aromatic nitrogens is 2. The van der Waals surface area contributed by atoms with Gasteiger partial charge in [-0.1, -0.05) is 35.9 Å². The van der Waals surface area contributed by atoms with E-state index in [9.17, 15) is 5.26 Å². The van der Waals surface area contributed by atoms with Crippen molar-refractivity contribution in [1.29, 1.82) is 5.26 Å². The third-order valence-electron chi connectivity index (χ3n) is 5.56. The van der Waals surface area contributed by atoms with Crippen molar-refractivity contribution in [2.45, 2.75) is 0 Å². The molecule has 0 radical (unpaired) electrons. The number of rotatable bonds is 5. The van der Waals surface area contributed by atoms with E-state index in [0.717, 1.165) is 38.8 Å². The van der Waals surface area contributed by atoms with Gasteiger partial charge in [-0.05, 0) is 48.0 Å². The summed E-state index contributed by atoms with van der Waals surface area (Å²) in [6.07, 6.45) is 5.23. The molecule has 3 aromatic carbocycles. The number of hydrogen-bond donors (Lipinski definition) is 2. The minimum absolute atomic E-state index is 0.455. The molecule has 5 nitrogen and oxygen atoms in total. The van der Waals surface area contributed by atoms with Crippen molar-refractivity contribution in [2.75, 3.05) is 12.4 Å². The van der Waals surface area contributed by atoms with E-state index in [0.29, 0.717) is 22.0 Å². The van der Waals surface area contributed by atoms with Gasteiger partial charge < -0.3 is 15.0 Å². The van der Waals surface area contributed by atoms with Crippen LogP contribution in [0.15, 0.2) is 85.3 Å². The van der Waals surface area contributed by atoms with Gasteiger partial charge in [0.05, 0.1) is 18.4 Å². The summed E-state index contributed by atoms with van der Waals surface area (Å²) in [4.78, 5) is 7.51. The van der Waals surface area contributed by atoms with Crippen LogP contribution < -0.4 is 10.1 Å². The first-order chi connectivity index (χ1) is 16.2. The van der Waals surface area contributed by atoms with Gasteiger partial charge in [0.1, 0.15) is 11.8 Å². The molecule has 0 unspecified atom stereocenters.